The third kappa shape index (κ3) is 4.68. The van der Waals surface area contributed by atoms with Crippen LogP contribution in [0.3, 0.4) is 0 Å². The van der Waals surface area contributed by atoms with Crippen molar-refractivity contribution in [2.24, 2.45) is 0 Å². The Morgan fingerprint density at radius 1 is 1.10 bits per heavy atom. The second kappa shape index (κ2) is 6.99. The topological polar surface area (TPSA) is 46.2 Å². The van der Waals surface area contributed by atoms with Crippen LogP contribution < -0.4 is 5.32 Å². The maximum Gasteiger partial charge on any atom is 0.224 e. The van der Waals surface area contributed by atoms with Crippen molar-refractivity contribution in [2.45, 2.75) is 6.42 Å². The van der Waals surface area contributed by atoms with E-state index in [4.69, 9.17) is 11.6 Å². The highest BCUT2D eigenvalue weighted by atomic mass is 35.5. The van der Waals surface area contributed by atoms with Gasteiger partial charge in [-0.3, -0.25) is 9.59 Å². The highest BCUT2D eigenvalue weighted by Gasteiger charge is 2.09. The summed E-state index contributed by atoms with van der Waals surface area (Å²) in [6, 6.07) is 12.2. The average Bonchev–Trinajstić information content (AvgIpc) is 2.47. The molecule has 0 heterocycles. The number of hydrogen-bond donors (Lipinski definition) is 1. The Bertz CT molecular complexity index is 656. The van der Waals surface area contributed by atoms with Crippen LogP contribution in [0.25, 0.3) is 0 Å². The number of ketones is 1. The molecule has 1 N–H and O–H groups in total. The molecule has 3 nitrogen and oxygen atoms in total. The van der Waals surface area contributed by atoms with Crippen molar-refractivity contribution in [3.63, 3.8) is 0 Å². The SMILES string of the molecule is O=C(Cc1ccc(F)cc1)NCC(=O)c1cccc(Cl)c1. The lowest BCUT2D eigenvalue weighted by Crippen LogP contribution is -2.30. The first kappa shape index (κ1) is 15.2. The second-order valence-corrected chi connectivity index (χ2v) is 4.95. The first-order chi connectivity index (χ1) is 10.0. The number of carbonyl (C=O) groups is 2. The molecule has 0 unspecified atom stereocenters. The van der Waals surface area contributed by atoms with Crippen LogP contribution >= 0.6 is 11.6 Å². The zero-order valence-corrected chi connectivity index (χ0v) is 11.9. The molecule has 0 aliphatic rings. The van der Waals surface area contributed by atoms with Crippen molar-refractivity contribution >= 4 is 23.3 Å². The minimum atomic E-state index is -0.352. The van der Waals surface area contributed by atoms with Crippen molar-refractivity contribution < 1.29 is 14.0 Å². The van der Waals surface area contributed by atoms with E-state index < -0.39 is 0 Å². The fourth-order valence-corrected chi connectivity index (χ4v) is 1.98. The van der Waals surface area contributed by atoms with Gasteiger partial charge in [0.2, 0.25) is 5.91 Å². The summed E-state index contributed by atoms with van der Waals surface area (Å²) in [6.07, 6.45) is 0.100. The van der Waals surface area contributed by atoms with Crippen molar-refractivity contribution in [3.05, 3.63) is 70.5 Å². The third-order valence-electron chi connectivity index (χ3n) is 2.87. The third-order valence-corrected chi connectivity index (χ3v) is 3.11. The molecule has 0 saturated heterocycles. The summed E-state index contributed by atoms with van der Waals surface area (Å²) < 4.78 is 12.7. The number of nitrogens with one attached hydrogen (secondary N) is 1. The summed E-state index contributed by atoms with van der Waals surface area (Å²) in [5.74, 6) is -0.864. The van der Waals surface area contributed by atoms with E-state index in [2.05, 4.69) is 5.32 Å². The monoisotopic (exact) mass is 305 g/mol. The zero-order chi connectivity index (χ0) is 15.2. The molecule has 2 aromatic rings. The number of Topliss-reactive ketones (excluding diaryl/α,β-unsaturated/α-hetero) is 1. The number of halogens is 2. The zero-order valence-electron chi connectivity index (χ0n) is 11.1. The molecule has 0 atom stereocenters. The quantitative estimate of drug-likeness (QED) is 0.863. The molecule has 0 radical (unpaired) electrons. The predicted molar refractivity (Wildman–Crippen MR) is 78.9 cm³/mol. The molecule has 2 rings (SSSR count). The summed E-state index contributed by atoms with van der Waals surface area (Å²) in [5, 5.41) is 3.01. The smallest absolute Gasteiger partial charge is 0.224 e. The van der Waals surface area contributed by atoms with Crippen LogP contribution in [0.5, 0.6) is 0 Å². The molecule has 5 heteroatoms. The number of carbonyl (C=O) groups excluding carboxylic acids is 2. The van der Waals surface area contributed by atoms with E-state index in [1.807, 2.05) is 0 Å². The van der Waals surface area contributed by atoms with Gasteiger partial charge in [-0.25, -0.2) is 4.39 Å². The van der Waals surface area contributed by atoms with Gasteiger partial charge in [-0.15, -0.1) is 0 Å². The minimum absolute atomic E-state index is 0.0969. The first-order valence-corrected chi connectivity index (χ1v) is 6.72. The number of amides is 1. The van der Waals surface area contributed by atoms with Crippen molar-refractivity contribution in [3.8, 4) is 0 Å². The molecule has 0 saturated carbocycles. The predicted octanol–water partition coefficient (Wildman–Crippen LogP) is 3.02. The Hall–Kier alpha value is -2.20. The highest BCUT2D eigenvalue weighted by molar-refractivity contribution is 6.31. The fourth-order valence-electron chi connectivity index (χ4n) is 1.79. The van der Waals surface area contributed by atoms with Crippen molar-refractivity contribution in [1.82, 2.24) is 5.32 Å². The molecular weight excluding hydrogens is 293 g/mol. The van der Waals surface area contributed by atoms with Crippen LogP contribution in [0.1, 0.15) is 15.9 Å². The van der Waals surface area contributed by atoms with Crippen molar-refractivity contribution in [1.29, 1.82) is 0 Å². The number of rotatable bonds is 5. The summed E-state index contributed by atoms with van der Waals surface area (Å²) in [6.45, 7) is -0.0969. The first-order valence-electron chi connectivity index (χ1n) is 6.34. The van der Waals surface area contributed by atoms with Crippen LogP contribution in [0.4, 0.5) is 4.39 Å². The molecule has 0 spiro atoms. The van der Waals surface area contributed by atoms with Gasteiger partial charge in [0.25, 0.3) is 0 Å². The van der Waals surface area contributed by atoms with Gasteiger partial charge in [0.1, 0.15) is 5.82 Å². The molecule has 1 amide bonds. The van der Waals surface area contributed by atoms with E-state index >= 15 is 0 Å². The van der Waals surface area contributed by atoms with Gasteiger partial charge in [0.15, 0.2) is 5.78 Å². The molecule has 0 fully saturated rings. The van der Waals surface area contributed by atoms with E-state index in [0.717, 1.165) is 0 Å². The average molecular weight is 306 g/mol. The largest absolute Gasteiger partial charge is 0.348 e. The number of benzene rings is 2. The highest BCUT2D eigenvalue weighted by Crippen LogP contribution is 2.11. The van der Waals surface area contributed by atoms with Gasteiger partial charge < -0.3 is 5.32 Å². The summed E-state index contributed by atoms with van der Waals surface area (Å²) in [4.78, 5) is 23.6. The Balaban J connectivity index is 1.86. The Morgan fingerprint density at radius 2 is 1.81 bits per heavy atom. The number of hydrogen-bond acceptors (Lipinski definition) is 2. The molecule has 108 valence electrons. The lowest BCUT2D eigenvalue weighted by atomic mass is 10.1. The molecule has 2 aromatic carbocycles. The van der Waals surface area contributed by atoms with Gasteiger partial charge in [-0.2, -0.15) is 0 Å². The van der Waals surface area contributed by atoms with E-state index in [-0.39, 0.29) is 30.5 Å². The summed E-state index contributed by atoms with van der Waals surface area (Å²) in [7, 11) is 0. The normalized spacial score (nSPS) is 10.2. The molecular formula is C16H13ClFNO2. The maximum absolute atomic E-state index is 12.7. The lowest BCUT2D eigenvalue weighted by Gasteiger charge is -2.05. The van der Waals surface area contributed by atoms with Crippen LogP contribution in [-0.2, 0) is 11.2 Å². The standard InChI is InChI=1S/C16H13ClFNO2/c17-13-3-1-2-12(9-13)15(20)10-19-16(21)8-11-4-6-14(18)7-5-11/h1-7,9H,8,10H2,(H,19,21). The second-order valence-electron chi connectivity index (χ2n) is 4.51. The van der Waals surface area contributed by atoms with Gasteiger partial charge >= 0.3 is 0 Å². The molecule has 0 aliphatic carbocycles. The summed E-state index contributed by atoms with van der Waals surface area (Å²) in [5.41, 5.74) is 1.13. The van der Waals surface area contributed by atoms with Crippen molar-refractivity contribution in [2.75, 3.05) is 6.54 Å². The van der Waals surface area contributed by atoms with Crippen LogP contribution in [0.2, 0.25) is 5.02 Å². The van der Waals surface area contributed by atoms with Gasteiger partial charge in [0, 0.05) is 10.6 Å². The van der Waals surface area contributed by atoms with Gasteiger partial charge in [-0.05, 0) is 29.8 Å². The van der Waals surface area contributed by atoms with E-state index in [9.17, 15) is 14.0 Å². The Morgan fingerprint density at radius 3 is 2.48 bits per heavy atom. The Labute approximate surface area is 126 Å². The fraction of sp³-hybridized carbons (Fsp3) is 0.125. The molecule has 0 bridgehead atoms. The van der Waals surface area contributed by atoms with Crippen LogP contribution in [0.15, 0.2) is 48.5 Å². The van der Waals surface area contributed by atoms with Crippen LogP contribution in [-0.4, -0.2) is 18.2 Å². The van der Waals surface area contributed by atoms with E-state index in [1.165, 1.54) is 24.3 Å². The van der Waals surface area contributed by atoms with E-state index in [1.54, 1.807) is 24.3 Å². The lowest BCUT2D eigenvalue weighted by molar-refractivity contribution is -0.120. The molecule has 0 aromatic heterocycles. The summed E-state index contributed by atoms with van der Waals surface area (Å²) >= 11 is 5.80. The minimum Gasteiger partial charge on any atom is -0.348 e. The van der Waals surface area contributed by atoms with E-state index in [0.29, 0.717) is 16.1 Å². The molecule has 21 heavy (non-hydrogen) atoms. The maximum atomic E-state index is 12.7. The van der Waals surface area contributed by atoms with Gasteiger partial charge in [0.05, 0.1) is 13.0 Å². The molecule has 0 aliphatic heterocycles. The van der Waals surface area contributed by atoms with Gasteiger partial charge in [-0.1, -0.05) is 35.9 Å². The Kier molecular flexibility index (Phi) is 5.06. The van der Waals surface area contributed by atoms with Crippen LogP contribution in [0, 0.1) is 5.82 Å².